The molecule has 0 atom stereocenters. The van der Waals surface area contributed by atoms with Crippen molar-refractivity contribution in [2.24, 2.45) is 0 Å². The number of hydrogen-bond donors (Lipinski definition) is 0. The van der Waals surface area contributed by atoms with Crippen molar-refractivity contribution in [2.45, 2.75) is 356 Å². The topological polar surface area (TPSA) is 0 Å². The van der Waals surface area contributed by atoms with Crippen molar-refractivity contribution in [3.05, 3.63) is 0 Å². The van der Waals surface area contributed by atoms with Crippen molar-refractivity contribution in [2.75, 3.05) is 28.8 Å². The second-order valence-corrected chi connectivity index (χ2v) is 21.5. The van der Waals surface area contributed by atoms with Gasteiger partial charge in [0.25, 0.3) is 0 Å². The Labute approximate surface area is 468 Å². The Bertz CT molecular complexity index is 491. The Morgan fingerprint density at radius 1 is 0.136 bits per heavy atom. The minimum absolute atomic E-state index is 0. The molecule has 0 rings (SSSR count). The molecule has 0 nitrogen and oxygen atoms in total. The maximum absolute atomic E-state index is 4.90. The molecule has 0 unspecified atom stereocenters. The van der Waals surface area contributed by atoms with Gasteiger partial charge in [0.05, 0.1) is 0 Å². The van der Waals surface area contributed by atoms with Crippen molar-refractivity contribution in [1.82, 2.24) is 0 Å². The van der Waals surface area contributed by atoms with E-state index in [1.165, 1.54) is 321 Å². The monoisotopic (exact) mass is 1130 g/mol. The summed E-state index contributed by atoms with van der Waals surface area (Å²) in [5.74, 6) is 4.77. The Hall–Kier alpha value is 2.57. The van der Waals surface area contributed by atoms with Crippen LogP contribution in [0.3, 0.4) is 0 Å². The van der Waals surface area contributed by atoms with Gasteiger partial charge < -0.3 is 63.1 Å². The molecule has 0 fully saturated rings. The van der Waals surface area contributed by atoms with Crippen molar-refractivity contribution in [3.63, 3.8) is 0 Å². The van der Waals surface area contributed by atoms with Crippen LogP contribution in [0.4, 0.5) is 0 Å². The summed E-state index contributed by atoms with van der Waals surface area (Å²) in [4.78, 5) is 0. The molecule has 0 aliphatic carbocycles. The van der Waals surface area contributed by atoms with Crippen molar-refractivity contribution in [1.29, 1.82) is 0 Å². The molecular weight excluding hydrogens is 1000 g/mol. The molecule has 66 heavy (non-hydrogen) atoms. The van der Waals surface area contributed by atoms with Gasteiger partial charge in [-0.2, -0.15) is 28.8 Å². The van der Waals surface area contributed by atoms with Crippen LogP contribution in [0.25, 0.3) is 0 Å². The molecular formula is C60H125S5Sb. The van der Waals surface area contributed by atoms with E-state index in [0.29, 0.717) is 0 Å². The molecule has 0 saturated heterocycles. The fraction of sp³-hybridized carbons (Fsp3) is 1.00. The van der Waals surface area contributed by atoms with Crippen LogP contribution >= 0.6 is 0 Å². The fourth-order valence-corrected chi connectivity index (χ4v) is 8.97. The third kappa shape index (κ3) is 104. The molecule has 0 aliphatic rings. The fourth-order valence-electron chi connectivity index (χ4n) is 7.95. The first-order chi connectivity index (χ1) is 32.1. The molecule has 0 bridgehead atoms. The quantitative estimate of drug-likeness (QED) is 0.0337. The molecule has 0 N–H and O–H groups in total. The Morgan fingerprint density at radius 3 is 0.288 bits per heavy atom. The molecule has 0 aromatic rings. The largest absolute Gasteiger partial charge is 5.00 e. The first-order valence-electron chi connectivity index (χ1n) is 30.0. The molecule has 0 heterocycles. The number of rotatable bonds is 50. The van der Waals surface area contributed by atoms with Gasteiger partial charge in [0.15, 0.2) is 0 Å². The molecule has 6 heteroatoms. The summed E-state index contributed by atoms with van der Waals surface area (Å²) < 4.78 is 0. The van der Waals surface area contributed by atoms with Crippen LogP contribution in [0.1, 0.15) is 356 Å². The minimum Gasteiger partial charge on any atom is -0.793 e. The van der Waals surface area contributed by atoms with E-state index in [-0.39, 0.29) is 24.4 Å². The van der Waals surface area contributed by atoms with E-state index in [1.807, 2.05) is 0 Å². The Morgan fingerprint density at radius 2 is 0.212 bits per heavy atom. The molecule has 0 radical (unpaired) electrons. The van der Waals surface area contributed by atoms with Gasteiger partial charge in [0.2, 0.25) is 0 Å². The zero-order valence-corrected chi connectivity index (χ0v) is 53.0. The van der Waals surface area contributed by atoms with Crippen LogP contribution in [0.2, 0.25) is 0 Å². The first-order valence-corrected chi connectivity index (χ1v) is 32.9. The third-order valence-electron chi connectivity index (χ3n) is 12.5. The van der Waals surface area contributed by atoms with Crippen LogP contribution in [0, 0.1) is 0 Å². The van der Waals surface area contributed by atoms with Gasteiger partial charge in [0, 0.05) is 0 Å². The smallest absolute Gasteiger partial charge is 0.793 e. The minimum atomic E-state index is 0. The van der Waals surface area contributed by atoms with Crippen molar-refractivity contribution < 1.29 is 0 Å². The molecule has 0 aromatic carbocycles. The average molecular weight is 1130 g/mol. The van der Waals surface area contributed by atoms with Gasteiger partial charge >= 0.3 is 24.4 Å². The molecule has 0 amide bonds. The summed E-state index contributed by atoms with van der Waals surface area (Å²) in [5, 5.41) is 0. The van der Waals surface area contributed by atoms with E-state index < -0.39 is 0 Å². The van der Waals surface area contributed by atoms with Gasteiger partial charge in [-0.25, -0.2) is 0 Å². The summed E-state index contributed by atoms with van der Waals surface area (Å²) in [6.45, 7) is 11.4. The Kier molecular flexibility index (Phi) is 109. The summed E-state index contributed by atoms with van der Waals surface area (Å²) in [7, 11) is 0. The maximum Gasteiger partial charge on any atom is 5.00 e. The van der Waals surface area contributed by atoms with Crippen LogP contribution in [0.15, 0.2) is 0 Å². The van der Waals surface area contributed by atoms with Crippen LogP contribution in [0.5, 0.6) is 0 Å². The summed E-state index contributed by atoms with van der Waals surface area (Å²) >= 11 is 24.5. The van der Waals surface area contributed by atoms with E-state index in [2.05, 4.69) is 34.6 Å². The van der Waals surface area contributed by atoms with Gasteiger partial charge in [0.1, 0.15) is 0 Å². The predicted molar refractivity (Wildman–Crippen MR) is 326 cm³/mol. The summed E-state index contributed by atoms with van der Waals surface area (Å²) in [5.41, 5.74) is 0. The van der Waals surface area contributed by atoms with Crippen LogP contribution < -0.4 is 0 Å². The second kappa shape index (κ2) is 90.3. The summed E-state index contributed by atoms with van der Waals surface area (Å²) in [6.07, 6.45) is 70.2. The molecule has 400 valence electrons. The number of unbranched alkanes of at least 4 members (excludes halogenated alkanes) is 45. The maximum atomic E-state index is 4.90. The number of hydrogen-bond acceptors (Lipinski definition) is 5. The zero-order chi connectivity index (χ0) is 48.9. The average Bonchev–Trinajstić information content (AvgIpc) is 3.32. The van der Waals surface area contributed by atoms with Crippen LogP contribution in [-0.2, 0) is 63.1 Å². The molecule has 0 aliphatic heterocycles. The predicted octanol–water partition coefficient (Wildman–Crippen LogP) is 21.9. The Balaban J connectivity index is -0.000000170. The van der Waals surface area contributed by atoms with Crippen LogP contribution in [-0.4, -0.2) is 53.2 Å². The van der Waals surface area contributed by atoms with Gasteiger partial charge in [-0.3, -0.25) is 0 Å². The van der Waals surface area contributed by atoms with E-state index in [1.54, 1.807) is 0 Å². The molecule has 0 saturated carbocycles. The van der Waals surface area contributed by atoms with E-state index in [9.17, 15) is 0 Å². The standard InChI is InChI=1S/5C12H26S.Sb/c5*1-2-3-4-5-6-7-8-9-10-11-12-13;/h5*13H,2-12H2,1H3;/q;;;;;+5/p-5. The first kappa shape index (κ1) is 80.0. The molecule has 0 spiro atoms. The zero-order valence-electron chi connectivity index (χ0n) is 46.4. The van der Waals surface area contributed by atoms with E-state index >= 15 is 0 Å². The second-order valence-electron chi connectivity index (χ2n) is 19.4. The van der Waals surface area contributed by atoms with Crippen molar-refractivity contribution >= 4 is 87.6 Å². The molecule has 0 aromatic heterocycles. The van der Waals surface area contributed by atoms with E-state index in [4.69, 9.17) is 63.1 Å². The summed E-state index contributed by atoms with van der Waals surface area (Å²) in [6, 6.07) is 0. The van der Waals surface area contributed by atoms with Gasteiger partial charge in [-0.05, 0) is 0 Å². The van der Waals surface area contributed by atoms with Crippen molar-refractivity contribution in [3.8, 4) is 0 Å². The van der Waals surface area contributed by atoms with Gasteiger partial charge in [-0.15, -0.1) is 0 Å². The third-order valence-corrected chi connectivity index (χ3v) is 13.9. The van der Waals surface area contributed by atoms with Gasteiger partial charge in [-0.1, -0.05) is 356 Å². The van der Waals surface area contributed by atoms with E-state index in [0.717, 1.165) is 28.8 Å². The normalized spacial score (nSPS) is 10.5. The SMILES string of the molecule is CCCCCCCCCCCC[S-].CCCCCCCCCCCC[S-].CCCCCCCCCCCC[S-].CCCCCCCCCCCC[S-].CCCCCCCCCCCC[S-].[Sb+5].